The van der Waals surface area contributed by atoms with Gasteiger partial charge in [0.15, 0.2) is 0 Å². The second-order valence-corrected chi connectivity index (χ2v) is 3.83. The molecule has 3 heteroatoms. The van der Waals surface area contributed by atoms with Crippen molar-refractivity contribution in [3.05, 3.63) is 0 Å². The van der Waals surface area contributed by atoms with E-state index >= 15 is 0 Å². The summed E-state index contributed by atoms with van der Waals surface area (Å²) in [5.41, 5.74) is 0. The lowest BCUT2D eigenvalue weighted by Crippen LogP contribution is -2.47. The van der Waals surface area contributed by atoms with Gasteiger partial charge in [0.2, 0.25) is 0 Å². The summed E-state index contributed by atoms with van der Waals surface area (Å²) in [4.78, 5) is 2.48. The van der Waals surface area contributed by atoms with Crippen LogP contribution < -0.4 is 0 Å². The number of nitrogens with zero attached hydrogens (tertiary/aromatic N) is 1. The van der Waals surface area contributed by atoms with Crippen molar-refractivity contribution < 1.29 is 9.47 Å². The topological polar surface area (TPSA) is 21.7 Å². The lowest BCUT2D eigenvalue weighted by Gasteiger charge is -2.36. The van der Waals surface area contributed by atoms with Crippen molar-refractivity contribution in [3.8, 4) is 0 Å². The van der Waals surface area contributed by atoms with Crippen molar-refractivity contribution in [1.82, 2.24) is 4.90 Å². The van der Waals surface area contributed by atoms with E-state index in [1.165, 1.54) is 0 Å². The van der Waals surface area contributed by atoms with E-state index in [-0.39, 0.29) is 0 Å². The summed E-state index contributed by atoms with van der Waals surface area (Å²) >= 11 is 0. The van der Waals surface area contributed by atoms with Crippen molar-refractivity contribution in [1.29, 1.82) is 0 Å². The molecule has 0 N–H and O–H groups in total. The van der Waals surface area contributed by atoms with Crippen molar-refractivity contribution in [2.75, 3.05) is 33.4 Å². The van der Waals surface area contributed by atoms with Gasteiger partial charge < -0.3 is 9.47 Å². The molecule has 0 amide bonds. The van der Waals surface area contributed by atoms with E-state index in [0.717, 1.165) is 32.7 Å². The zero-order valence-corrected chi connectivity index (χ0v) is 8.95. The molecule has 1 aliphatic heterocycles. The highest BCUT2D eigenvalue weighted by Gasteiger charge is 2.22. The Bertz CT molecular complexity index is 141. The van der Waals surface area contributed by atoms with Crippen LogP contribution in [0.2, 0.25) is 0 Å². The average molecular weight is 187 g/mol. The molecule has 0 aromatic carbocycles. The number of morpholine rings is 1. The summed E-state index contributed by atoms with van der Waals surface area (Å²) in [5.74, 6) is 0. The fourth-order valence-corrected chi connectivity index (χ4v) is 1.70. The molecule has 0 spiro atoms. The van der Waals surface area contributed by atoms with E-state index < -0.39 is 0 Å². The molecule has 0 radical (unpaired) electrons. The van der Waals surface area contributed by atoms with Gasteiger partial charge in [-0.3, -0.25) is 4.90 Å². The van der Waals surface area contributed by atoms with Gasteiger partial charge in [0.1, 0.15) is 0 Å². The second-order valence-electron chi connectivity index (χ2n) is 3.83. The molecule has 2 unspecified atom stereocenters. The van der Waals surface area contributed by atoms with Crippen molar-refractivity contribution >= 4 is 0 Å². The zero-order chi connectivity index (χ0) is 9.68. The Balaban J connectivity index is 2.21. The van der Waals surface area contributed by atoms with Crippen molar-refractivity contribution in [2.24, 2.45) is 0 Å². The first-order chi connectivity index (χ1) is 6.24. The van der Waals surface area contributed by atoms with E-state index in [2.05, 4.69) is 18.7 Å². The molecule has 1 heterocycles. The Labute approximate surface area is 81.0 Å². The molecule has 13 heavy (non-hydrogen) atoms. The van der Waals surface area contributed by atoms with Gasteiger partial charge in [-0.25, -0.2) is 0 Å². The fourth-order valence-electron chi connectivity index (χ4n) is 1.70. The van der Waals surface area contributed by atoms with Crippen LogP contribution >= 0.6 is 0 Å². The van der Waals surface area contributed by atoms with Crippen LogP contribution in [0.25, 0.3) is 0 Å². The molecule has 78 valence electrons. The van der Waals surface area contributed by atoms with Gasteiger partial charge in [-0.05, 0) is 20.3 Å². The quantitative estimate of drug-likeness (QED) is 0.616. The first kappa shape index (κ1) is 11.0. The molecular weight excluding hydrogens is 166 g/mol. The normalized spacial score (nSPS) is 30.7. The molecule has 1 aliphatic rings. The maximum atomic E-state index is 5.55. The average Bonchev–Trinajstić information content (AvgIpc) is 2.11. The summed E-state index contributed by atoms with van der Waals surface area (Å²) in [5, 5.41) is 0. The monoisotopic (exact) mass is 187 g/mol. The number of hydrogen-bond donors (Lipinski definition) is 0. The summed E-state index contributed by atoms with van der Waals surface area (Å²) in [6.45, 7) is 8.27. The maximum absolute atomic E-state index is 5.55. The van der Waals surface area contributed by atoms with E-state index in [1.807, 2.05) is 0 Å². The van der Waals surface area contributed by atoms with Crippen LogP contribution in [-0.4, -0.2) is 50.5 Å². The SMILES string of the molecule is COCCCN1CC(C)OCC1C. The van der Waals surface area contributed by atoms with E-state index in [0.29, 0.717) is 12.1 Å². The highest BCUT2D eigenvalue weighted by atomic mass is 16.5. The molecule has 0 aromatic rings. The summed E-state index contributed by atoms with van der Waals surface area (Å²) < 4.78 is 10.6. The molecular formula is C10H21NO2. The zero-order valence-electron chi connectivity index (χ0n) is 8.95. The van der Waals surface area contributed by atoms with Gasteiger partial charge in [0.05, 0.1) is 12.7 Å². The molecule has 3 nitrogen and oxygen atoms in total. The van der Waals surface area contributed by atoms with Gasteiger partial charge in [0, 0.05) is 32.8 Å². The van der Waals surface area contributed by atoms with Crippen LogP contribution in [0.4, 0.5) is 0 Å². The van der Waals surface area contributed by atoms with Gasteiger partial charge in [-0.1, -0.05) is 0 Å². The van der Waals surface area contributed by atoms with E-state index in [4.69, 9.17) is 9.47 Å². The molecule has 1 fully saturated rings. The Morgan fingerprint density at radius 2 is 2.23 bits per heavy atom. The Hall–Kier alpha value is -0.120. The third-order valence-corrected chi connectivity index (χ3v) is 2.53. The number of hydrogen-bond acceptors (Lipinski definition) is 3. The third-order valence-electron chi connectivity index (χ3n) is 2.53. The van der Waals surface area contributed by atoms with Gasteiger partial charge >= 0.3 is 0 Å². The first-order valence-electron chi connectivity index (χ1n) is 5.08. The standard InChI is InChI=1S/C10H21NO2/c1-9-8-13-10(2)7-11(9)5-4-6-12-3/h9-10H,4-8H2,1-3H3. The maximum Gasteiger partial charge on any atom is 0.0674 e. The molecule has 0 aromatic heterocycles. The van der Waals surface area contributed by atoms with E-state index in [9.17, 15) is 0 Å². The van der Waals surface area contributed by atoms with Crippen molar-refractivity contribution in [2.45, 2.75) is 32.4 Å². The molecule has 1 saturated heterocycles. The molecule has 0 bridgehead atoms. The minimum atomic E-state index is 0.388. The Kier molecular flexibility index (Phi) is 4.70. The summed E-state index contributed by atoms with van der Waals surface area (Å²) in [6, 6.07) is 0.563. The summed E-state index contributed by atoms with van der Waals surface area (Å²) in [7, 11) is 1.76. The Morgan fingerprint density at radius 1 is 1.46 bits per heavy atom. The van der Waals surface area contributed by atoms with E-state index in [1.54, 1.807) is 7.11 Å². The van der Waals surface area contributed by atoms with Crippen molar-refractivity contribution in [3.63, 3.8) is 0 Å². The smallest absolute Gasteiger partial charge is 0.0674 e. The minimum absolute atomic E-state index is 0.388. The minimum Gasteiger partial charge on any atom is -0.385 e. The summed E-state index contributed by atoms with van der Waals surface area (Å²) in [6.07, 6.45) is 1.51. The lowest BCUT2D eigenvalue weighted by molar-refractivity contribution is -0.0509. The van der Waals surface area contributed by atoms with Gasteiger partial charge in [-0.2, -0.15) is 0 Å². The van der Waals surface area contributed by atoms with Gasteiger partial charge in [0.25, 0.3) is 0 Å². The first-order valence-corrected chi connectivity index (χ1v) is 5.08. The van der Waals surface area contributed by atoms with Crippen LogP contribution in [-0.2, 0) is 9.47 Å². The van der Waals surface area contributed by atoms with Crippen LogP contribution in [0.3, 0.4) is 0 Å². The molecule has 0 aliphatic carbocycles. The lowest BCUT2D eigenvalue weighted by atomic mass is 10.2. The number of rotatable bonds is 4. The highest BCUT2D eigenvalue weighted by molar-refractivity contribution is 4.74. The fraction of sp³-hybridized carbons (Fsp3) is 1.00. The largest absolute Gasteiger partial charge is 0.385 e. The van der Waals surface area contributed by atoms with Gasteiger partial charge in [-0.15, -0.1) is 0 Å². The van der Waals surface area contributed by atoms with Crippen LogP contribution in [0.5, 0.6) is 0 Å². The molecule has 1 rings (SSSR count). The Morgan fingerprint density at radius 3 is 2.92 bits per heavy atom. The predicted octanol–water partition coefficient (Wildman–Crippen LogP) is 1.13. The molecule has 2 atom stereocenters. The predicted molar refractivity (Wildman–Crippen MR) is 52.9 cm³/mol. The van der Waals surface area contributed by atoms with Crippen LogP contribution in [0, 0.1) is 0 Å². The second kappa shape index (κ2) is 5.58. The van der Waals surface area contributed by atoms with Crippen LogP contribution in [0.1, 0.15) is 20.3 Å². The molecule has 0 saturated carbocycles. The highest BCUT2D eigenvalue weighted by Crippen LogP contribution is 2.11. The third kappa shape index (κ3) is 3.63. The number of methoxy groups -OCH3 is 1. The van der Waals surface area contributed by atoms with Crippen LogP contribution in [0.15, 0.2) is 0 Å². The number of ether oxygens (including phenoxy) is 2.